The van der Waals surface area contributed by atoms with Gasteiger partial charge in [0.15, 0.2) is 0 Å². The highest BCUT2D eigenvalue weighted by atomic mass is 32.2. The number of rotatable bonds is 4. The van der Waals surface area contributed by atoms with Crippen LogP contribution in [0.5, 0.6) is 0 Å². The quantitative estimate of drug-likeness (QED) is 0.659. The van der Waals surface area contributed by atoms with Crippen LogP contribution in [0.1, 0.15) is 15.9 Å². The fourth-order valence-electron chi connectivity index (χ4n) is 1.37. The first-order valence-electron chi connectivity index (χ1n) is 5.01. The van der Waals surface area contributed by atoms with Crippen molar-refractivity contribution in [3.63, 3.8) is 0 Å². The van der Waals surface area contributed by atoms with Gasteiger partial charge in [0.2, 0.25) is 5.91 Å². The molecule has 2 rings (SSSR count). The number of thioether (sulfide) groups is 1. The van der Waals surface area contributed by atoms with E-state index >= 15 is 0 Å². The van der Waals surface area contributed by atoms with E-state index in [4.69, 9.17) is 11.5 Å². The molecular weight excluding hydrogens is 252 g/mol. The van der Waals surface area contributed by atoms with E-state index in [-0.39, 0.29) is 0 Å². The predicted molar refractivity (Wildman–Crippen MR) is 73.3 cm³/mol. The Kier molecular flexibility index (Phi) is 3.71. The van der Waals surface area contributed by atoms with Crippen LogP contribution in [0.4, 0.5) is 5.69 Å². The molecule has 17 heavy (non-hydrogen) atoms. The summed E-state index contributed by atoms with van der Waals surface area (Å²) in [6.07, 6.45) is 0. The standard InChI is InChI=1S/C12H12N2OS2/c13-10-6-8(12(14)15)3-4-9(10)7-17-11-2-1-5-16-11/h1-6H,7,13H2,(H2,14,15). The second-order valence-corrected chi connectivity index (χ2v) is 5.72. The fourth-order valence-corrected chi connectivity index (χ4v) is 3.17. The molecule has 0 aliphatic heterocycles. The summed E-state index contributed by atoms with van der Waals surface area (Å²) >= 11 is 3.44. The van der Waals surface area contributed by atoms with E-state index < -0.39 is 5.91 Å². The molecular formula is C12H12N2OS2. The van der Waals surface area contributed by atoms with Crippen molar-refractivity contribution in [2.45, 2.75) is 9.96 Å². The number of amides is 1. The largest absolute Gasteiger partial charge is 0.398 e. The summed E-state index contributed by atoms with van der Waals surface area (Å²) < 4.78 is 1.25. The van der Waals surface area contributed by atoms with Crippen molar-refractivity contribution in [3.05, 3.63) is 46.8 Å². The molecule has 0 saturated heterocycles. The monoisotopic (exact) mass is 264 g/mol. The number of benzene rings is 1. The Morgan fingerprint density at radius 3 is 2.76 bits per heavy atom. The lowest BCUT2D eigenvalue weighted by Crippen LogP contribution is -2.11. The van der Waals surface area contributed by atoms with Gasteiger partial charge in [-0.05, 0) is 29.1 Å². The fraction of sp³-hybridized carbons (Fsp3) is 0.0833. The summed E-state index contributed by atoms with van der Waals surface area (Å²) in [5.74, 6) is 0.347. The van der Waals surface area contributed by atoms with Crippen LogP contribution in [0, 0.1) is 0 Å². The SMILES string of the molecule is NC(=O)c1ccc(CSc2cccs2)c(N)c1. The molecule has 1 aromatic carbocycles. The molecule has 0 radical (unpaired) electrons. The number of anilines is 1. The number of hydrogen-bond donors (Lipinski definition) is 2. The molecule has 0 spiro atoms. The highest BCUT2D eigenvalue weighted by molar-refractivity contribution is 8.00. The third kappa shape index (κ3) is 3.01. The number of thiophene rings is 1. The molecule has 0 aliphatic rings. The molecule has 2 aromatic rings. The Morgan fingerprint density at radius 2 is 2.18 bits per heavy atom. The number of nitrogens with two attached hydrogens (primary N) is 2. The first-order valence-corrected chi connectivity index (χ1v) is 6.88. The molecule has 1 heterocycles. The Balaban J connectivity index is 2.09. The van der Waals surface area contributed by atoms with Gasteiger partial charge in [-0.1, -0.05) is 12.1 Å². The van der Waals surface area contributed by atoms with Crippen molar-refractivity contribution in [1.29, 1.82) is 0 Å². The number of nitrogen functional groups attached to an aromatic ring is 1. The van der Waals surface area contributed by atoms with Gasteiger partial charge < -0.3 is 11.5 Å². The third-order valence-corrected chi connectivity index (χ3v) is 4.48. The lowest BCUT2D eigenvalue weighted by molar-refractivity contribution is 0.100. The van der Waals surface area contributed by atoms with Crippen molar-refractivity contribution in [1.82, 2.24) is 0 Å². The van der Waals surface area contributed by atoms with Crippen LogP contribution in [-0.2, 0) is 5.75 Å². The predicted octanol–water partition coefficient (Wildman–Crippen LogP) is 2.72. The van der Waals surface area contributed by atoms with Crippen LogP contribution in [0.2, 0.25) is 0 Å². The zero-order valence-electron chi connectivity index (χ0n) is 9.05. The van der Waals surface area contributed by atoms with Crippen molar-refractivity contribution >= 4 is 34.7 Å². The number of carbonyl (C=O) groups excluding carboxylic acids is 1. The molecule has 1 aromatic heterocycles. The molecule has 5 heteroatoms. The van der Waals surface area contributed by atoms with Crippen LogP contribution in [0.15, 0.2) is 39.9 Å². The van der Waals surface area contributed by atoms with Crippen LogP contribution in [0.3, 0.4) is 0 Å². The molecule has 0 unspecified atom stereocenters. The highest BCUT2D eigenvalue weighted by Gasteiger charge is 2.05. The number of carbonyl (C=O) groups is 1. The molecule has 0 atom stereocenters. The minimum atomic E-state index is -0.450. The van der Waals surface area contributed by atoms with Crippen molar-refractivity contribution < 1.29 is 4.79 Å². The molecule has 3 nitrogen and oxygen atoms in total. The molecule has 0 bridgehead atoms. The maximum atomic E-state index is 11.0. The van der Waals surface area contributed by atoms with Crippen LogP contribution < -0.4 is 11.5 Å². The normalized spacial score (nSPS) is 10.4. The van der Waals surface area contributed by atoms with Gasteiger partial charge in [-0.2, -0.15) is 0 Å². The zero-order chi connectivity index (χ0) is 12.3. The maximum absolute atomic E-state index is 11.0. The number of hydrogen-bond acceptors (Lipinski definition) is 4. The summed E-state index contributed by atoms with van der Waals surface area (Å²) in [4.78, 5) is 11.0. The average Bonchev–Trinajstić information content (AvgIpc) is 2.80. The maximum Gasteiger partial charge on any atom is 0.248 e. The second kappa shape index (κ2) is 5.25. The van der Waals surface area contributed by atoms with Gasteiger partial charge in [-0.3, -0.25) is 4.79 Å². The number of primary amides is 1. The molecule has 4 N–H and O–H groups in total. The van der Waals surface area contributed by atoms with E-state index in [1.807, 2.05) is 17.5 Å². The van der Waals surface area contributed by atoms with Crippen molar-refractivity contribution in [3.8, 4) is 0 Å². The van der Waals surface area contributed by atoms with Crippen LogP contribution >= 0.6 is 23.1 Å². The Bertz CT molecular complexity index is 523. The smallest absolute Gasteiger partial charge is 0.248 e. The average molecular weight is 264 g/mol. The van der Waals surface area contributed by atoms with Gasteiger partial charge in [0.1, 0.15) is 0 Å². The minimum absolute atomic E-state index is 0.450. The van der Waals surface area contributed by atoms with E-state index in [9.17, 15) is 4.79 Å². The summed E-state index contributed by atoms with van der Waals surface area (Å²) in [7, 11) is 0. The first kappa shape index (κ1) is 12.0. The Hall–Kier alpha value is -1.46. The Morgan fingerprint density at radius 1 is 1.35 bits per heavy atom. The molecule has 0 aliphatic carbocycles. The van der Waals surface area contributed by atoms with Gasteiger partial charge in [-0.15, -0.1) is 23.1 Å². The van der Waals surface area contributed by atoms with Gasteiger partial charge in [-0.25, -0.2) is 0 Å². The summed E-state index contributed by atoms with van der Waals surface area (Å²) in [6, 6.07) is 9.29. The lowest BCUT2D eigenvalue weighted by Gasteiger charge is -2.05. The molecule has 1 amide bonds. The van der Waals surface area contributed by atoms with Crippen LogP contribution in [0.25, 0.3) is 0 Å². The van der Waals surface area contributed by atoms with Crippen molar-refractivity contribution in [2.75, 3.05) is 5.73 Å². The highest BCUT2D eigenvalue weighted by Crippen LogP contribution is 2.29. The zero-order valence-corrected chi connectivity index (χ0v) is 10.7. The van der Waals surface area contributed by atoms with Gasteiger partial charge >= 0.3 is 0 Å². The summed E-state index contributed by atoms with van der Waals surface area (Å²) in [5.41, 5.74) is 13.2. The van der Waals surface area contributed by atoms with Gasteiger partial charge in [0.05, 0.1) is 4.21 Å². The molecule has 0 fully saturated rings. The van der Waals surface area contributed by atoms with Crippen molar-refractivity contribution in [2.24, 2.45) is 5.73 Å². The lowest BCUT2D eigenvalue weighted by atomic mass is 10.1. The van der Waals surface area contributed by atoms with Crippen LogP contribution in [-0.4, -0.2) is 5.91 Å². The van der Waals surface area contributed by atoms with E-state index in [1.54, 1.807) is 35.2 Å². The van der Waals surface area contributed by atoms with Gasteiger partial charge in [0, 0.05) is 17.0 Å². The van der Waals surface area contributed by atoms with E-state index in [2.05, 4.69) is 6.07 Å². The van der Waals surface area contributed by atoms with E-state index in [1.165, 1.54) is 4.21 Å². The second-order valence-electron chi connectivity index (χ2n) is 3.50. The first-order chi connectivity index (χ1) is 8.16. The Labute approximate surface area is 108 Å². The molecule has 88 valence electrons. The summed E-state index contributed by atoms with van der Waals surface area (Å²) in [6.45, 7) is 0. The minimum Gasteiger partial charge on any atom is -0.398 e. The van der Waals surface area contributed by atoms with Gasteiger partial charge in [0.25, 0.3) is 0 Å². The summed E-state index contributed by atoms with van der Waals surface area (Å²) in [5, 5.41) is 2.04. The topological polar surface area (TPSA) is 69.1 Å². The molecule has 0 saturated carbocycles. The third-order valence-electron chi connectivity index (χ3n) is 2.30. The van der Waals surface area contributed by atoms with E-state index in [0.29, 0.717) is 11.3 Å². The van der Waals surface area contributed by atoms with E-state index in [0.717, 1.165) is 11.3 Å².